The Balaban J connectivity index is 1.71. The van der Waals surface area contributed by atoms with Gasteiger partial charge in [-0.25, -0.2) is 18.1 Å². The lowest BCUT2D eigenvalue weighted by Crippen LogP contribution is -2.30. The molecule has 3 rings (SSSR count). The number of hydrogen-bond acceptors (Lipinski definition) is 4. The number of fused-ring (bicyclic) bond motifs is 1. The summed E-state index contributed by atoms with van der Waals surface area (Å²) in [4.78, 5) is 7.25. The van der Waals surface area contributed by atoms with Crippen molar-refractivity contribution in [3.8, 4) is 0 Å². The fraction of sp³-hybridized carbons (Fsp3) is 0.462. The van der Waals surface area contributed by atoms with E-state index in [2.05, 4.69) is 20.0 Å². The maximum absolute atomic E-state index is 12.3. The van der Waals surface area contributed by atoms with Crippen LogP contribution in [0.1, 0.15) is 19.3 Å². The van der Waals surface area contributed by atoms with Gasteiger partial charge in [-0.15, -0.1) is 0 Å². The molecule has 1 fully saturated rings. The zero-order valence-corrected chi connectivity index (χ0v) is 11.9. The summed E-state index contributed by atoms with van der Waals surface area (Å²) in [5, 5.41) is 3.98. The van der Waals surface area contributed by atoms with Crippen molar-refractivity contribution in [2.45, 2.75) is 30.2 Å². The van der Waals surface area contributed by atoms with Crippen LogP contribution in [0.2, 0.25) is 0 Å². The lowest BCUT2D eigenvalue weighted by molar-refractivity contribution is 0.540. The third-order valence-electron chi connectivity index (χ3n) is 3.65. The van der Waals surface area contributed by atoms with E-state index in [0.29, 0.717) is 23.6 Å². The number of nitrogens with one attached hydrogen (secondary N) is 3. The number of hydrogen-bond donors (Lipinski definition) is 3. The van der Waals surface area contributed by atoms with Gasteiger partial charge in [0.2, 0.25) is 10.0 Å². The Morgan fingerprint density at radius 2 is 2.35 bits per heavy atom. The number of rotatable bonds is 5. The molecule has 0 radical (unpaired) electrons. The maximum Gasteiger partial charge on any atom is 0.242 e. The van der Waals surface area contributed by atoms with Gasteiger partial charge >= 0.3 is 0 Å². The van der Waals surface area contributed by atoms with Crippen LogP contribution in [0.3, 0.4) is 0 Å². The highest BCUT2D eigenvalue weighted by molar-refractivity contribution is 7.89. The summed E-state index contributed by atoms with van der Waals surface area (Å²) in [5.74, 6) is 0. The second kappa shape index (κ2) is 5.51. The van der Waals surface area contributed by atoms with Crippen LogP contribution in [-0.4, -0.2) is 37.5 Å². The smallest absolute Gasteiger partial charge is 0.242 e. The molecule has 3 N–H and O–H groups in total. The predicted octanol–water partition coefficient (Wildman–Crippen LogP) is 0.983. The van der Waals surface area contributed by atoms with Crippen LogP contribution in [0.15, 0.2) is 29.4 Å². The van der Waals surface area contributed by atoms with Gasteiger partial charge in [-0.05, 0) is 37.9 Å². The predicted molar refractivity (Wildman–Crippen MR) is 76.9 cm³/mol. The Kier molecular flexibility index (Phi) is 3.73. The quantitative estimate of drug-likeness (QED) is 0.767. The van der Waals surface area contributed by atoms with Gasteiger partial charge < -0.3 is 10.3 Å². The van der Waals surface area contributed by atoms with E-state index in [1.807, 2.05) is 0 Å². The Bertz CT molecular complexity index is 689. The molecule has 0 saturated carbocycles. The normalized spacial score (nSPS) is 19.7. The lowest BCUT2D eigenvalue weighted by atomic mass is 10.2. The standard InChI is InChI=1S/C13H18N4O2S/c18-20(19,17-8-5-10-3-1-6-14-10)12-9-16-13-11(12)4-2-7-15-13/h2,4,7,9-10,14,17H,1,3,5-6,8H2,(H,15,16)/t10-/m1/s1. The van der Waals surface area contributed by atoms with Crippen LogP contribution in [0.5, 0.6) is 0 Å². The molecule has 108 valence electrons. The molecule has 2 aromatic rings. The SMILES string of the molecule is O=S(=O)(NCC[C@H]1CCCN1)c1c[nH]c2ncccc12. The molecule has 1 aliphatic heterocycles. The topological polar surface area (TPSA) is 86.9 Å². The number of nitrogens with zero attached hydrogens (tertiary/aromatic N) is 1. The molecular weight excluding hydrogens is 276 g/mol. The lowest BCUT2D eigenvalue weighted by Gasteiger charge is -2.10. The van der Waals surface area contributed by atoms with Crippen LogP contribution in [0.25, 0.3) is 11.0 Å². The first kappa shape index (κ1) is 13.5. The van der Waals surface area contributed by atoms with Gasteiger partial charge in [-0.3, -0.25) is 0 Å². The molecule has 2 aromatic heterocycles. The fourth-order valence-corrected chi connectivity index (χ4v) is 3.81. The zero-order chi connectivity index (χ0) is 14.0. The first-order chi connectivity index (χ1) is 9.67. The molecule has 7 heteroatoms. The first-order valence-electron chi connectivity index (χ1n) is 6.82. The van der Waals surface area contributed by atoms with E-state index in [1.54, 1.807) is 18.3 Å². The number of aromatic nitrogens is 2. The summed E-state index contributed by atoms with van der Waals surface area (Å²) < 4.78 is 27.3. The highest BCUT2D eigenvalue weighted by atomic mass is 32.2. The Morgan fingerprint density at radius 3 is 3.15 bits per heavy atom. The average molecular weight is 294 g/mol. The van der Waals surface area contributed by atoms with Crippen LogP contribution in [0, 0.1) is 0 Å². The van der Waals surface area contributed by atoms with Crippen molar-refractivity contribution >= 4 is 21.1 Å². The van der Waals surface area contributed by atoms with Gasteiger partial charge in [0.1, 0.15) is 10.5 Å². The van der Waals surface area contributed by atoms with E-state index in [-0.39, 0.29) is 4.90 Å². The first-order valence-corrected chi connectivity index (χ1v) is 8.30. The number of aromatic amines is 1. The van der Waals surface area contributed by atoms with Crippen molar-refractivity contribution in [3.05, 3.63) is 24.5 Å². The van der Waals surface area contributed by atoms with Crippen LogP contribution < -0.4 is 10.0 Å². The van der Waals surface area contributed by atoms with Gasteiger partial charge in [0.15, 0.2) is 0 Å². The Labute approximate surface area is 118 Å². The highest BCUT2D eigenvalue weighted by Gasteiger charge is 2.20. The van der Waals surface area contributed by atoms with Gasteiger partial charge in [0, 0.05) is 30.4 Å². The van der Waals surface area contributed by atoms with E-state index in [1.165, 1.54) is 12.6 Å². The van der Waals surface area contributed by atoms with Crippen molar-refractivity contribution < 1.29 is 8.42 Å². The average Bonchev–Trinajstić information content (AvgIpc) is 3.07. The third kappa shape index (κ3) is 2.70. The summed E-state index contributed by atoms with van der Waals surface area (Å²) >= 11 is 0. The maximum atomic E-state index is 12.3. The summed E-state index contributed by atoms with van der Waals surface area (Å²) in [5.41, 5.74) is 0.588. The molecular formula is C13H18N4O2S. The van der Waals surface area contributed by atoms with Crippen molar-refractivity contribution in [3.63, 3.8) is 0 Å². The van der Waals surface area contributed by atoms with Gasteiger partial charge in [0.25, 0.3) is 0 Å². The van der Waals surface area contributed by atoms with Crippen molar-refractivity contribution in [1.82, 2.24) is 20.0 Å². The van der Waals surface area contributed by atoms with Crippen molar-refractivity contribution in [1.29, 1.82) is 0 Å². The van der Waals surface area contributed by atoms with Crippen LogP contribution in [-0.2, 0) is 10.0 Å². The molecule has 1 saturated heterocycles. The number of sulfonamides is 1. The highest BCUT2D eigenvalue weighted by Crippen LogP contribution is 2.20. The second-order valence-corrected chi connectivity index (χ2v) is 6.77. The molecule has 0 bridgehead atoms. The Hall–Kier alpha value is -1.44. The fourth-order valence-electron chi connectivity index (χ4n) is 2.60. The van der Waals surface area contributed by atoms with E-state index in [9.17, 15) is 8.42 Å². The minimum Gasteiger partial charge on any atom is -0.345 e. The summed E-state index contributed by atoms with van der Waals surface area (Å²) in [6.07, 6.45) is 6.24. The van der Waals surface area contributed by atoms with Crippen LogP contribution in [0.4, 0.5) is 0 Å². The minimum absolute atomic E-state index is 0.264. The number of pyridine rings is 1. The second-order valence-electron chi connectivity index (χ2n) is 5.03. The van der Waals surface area contributed by atoms with E-state index in [4.69, 9.17) is 0 Å². The molecule has 1 atom stereocenters. The molecule has 0 amide bonds. The minimum atomic E-state index is -3.48. The number of H-pyrrole nitrogens is 1. The summed E-state index contributed by atoms with van der Waals surface area (Å²) in [6, 6.07) is 3.92. The van der Waals surface area contributed by atoms with Crippen molar-refractivity contribution in [2.24, 2.45) is 0 Å². The molecule has 0 aromatic carbocycles. The summed E-state index contributed by atoms with van der Waals surface area (Å²) in [7, 11) is -3.48. The summed E-state index contributed by atoms with van der Waals surface area (Å²) in [6.45, 7) is 1.48. The molecule has 1 aliphatic rings. The molecule has 0 spiro atoms. The van der Waals surface area contributed by atoms with Gasteiger partial charge in [0.05, 0.1) is 0 Å². The Morgan fingerprint density at radius 1 is 1.45 bits per heavy atom. The van der Waals surface area contributed by atoms with Gasteiger partial charge in [-0.2, -0.15) is 0 Å². The van der Waals surface area contributed by atoms with E-state index >= 15 is 0 Å². The van der Waals surface area contributed by atoms with E-state index < -0.39 is 10.0 Å². The third-order valence-corrected chi connectivity index (χ3v) is 5.15. The van der Waals surface area contributed by atoms with Crippen LogP contribution >= 0.6 is 0 Å². The molecule has 20 heavy (non-hydrogen) atoms. The monoisotopic (exact) mass is 294 g/mol. The van der Waals surface area contributed by atoms with Crippen molar-refractivity contribution in [2.75, 3.05) is 13.1 Å². The van der Waals surface area contributed by atoms with Gasteiger partial charge in [-0.1, -0.05) is 0 Å². The molecule has 0 unspecified atom stereocenters. The molecule has 0 aliphatic carbocycles. The zero-order valence-electron chi connectivity index (χ0n) is 11.1. The molecule has 3 heterocycles. The molecule has 6 nitrogen and oxygen atoms in total. The largest absolute Gasteiger partial charge is 0.345 e. The van der Waals surface area contributed by atoms with E-state index in [0.717, 1.165) is 19.4 Å².